The molecule has 0 aromatic carbocycles. The van der Waals surface area contributed by atoms with Gasteiger partial charge in [-0.2, -0.15) is 0 Å². The predicted octanol–water partition coefficient (Wildman–Crippen LogP) is -0.826. The van der Waals surface area contributed by atoms with Crippen LogP contribution in [-0.4, -0.2) is 60.4 Å². The van der Waals surface area contributed by atoms with Crippen molar-refractivity contribution >= 4 is 11.9 Å². The maximum Gasteiger partial charge on any atom is 0.307 e. The van der Waals surface area contributed by atoms with Gasteiger partial charge in [-0.3, -0.25) is 9.59 Å². The van der Waals surface area contributed by atoms with Gasteiger partial charge in [0, 0.05) is 20.2 Å². The maximum atomic E-state index is 11.8. The number of rotatable bonds is 7. The van der Waals surface area contributed by atoms with E-state index in [1.54, 1.807) is 0 Å². The summed E-state index contributed by atoms with van der Waals surface area (Å²) in [4.78, 5) is 23.9. The third kappa shape index (κ3) is 3.18. The normalized spacial score (nSPS) is 22.9. The number of amides is 1. The summed E-state index contributed by atoms with van der Waals surface area (Å²) in [5.74, 6) is -2.08. The number of carboxylic acid groups (broad SMARTS) is 1. The third-order valence-corrected chi connectivity index (χ3v) is 2.67. The molecule has 0 bridgehead atoms. The summed E-state index contributed by atoms with van der Waals surface area (Å²) in [6.07, 6.45) is 0.406. The van der Waals surface area contributed by atoms with Crippen LogP contribution in [0.2, 0.25) is 0 Å². The molecule has 0 unspecified atom stereocenters. The lowest BCUT2D eigenvalue weighted by atomic mass is 10.2. The number of aliphatic hydroxyl groups excluding tert-OH is 1. The summed E-state index contributed by atoms with van der Waals surface area (Å²) in [5, 5.41) is 17.5. The minimum Gasteiger partial charge on any atom is -0.481 e. The largest absolute Gasteiger partial charge is 0.481 e. The van der Waals surface area contributed by atoms with Crippen molar-refractivity contribution in [1.82, 2.24) is 4.90 Å². The highest BCUT2D eigenvalue weighted by molar-refractivity contribution is 5.89. The molecule has 6 heteroatoms. The molecule has 1 rings (SSSR count). The van der Waals surface area contributed by atoms with E-state index in [9.17, 15) is 9.59 Å². The quantitative estimate of drug-likeness (QED) is 0.597. The van der Waals surface area contributed by atoms with Gasteiger partial charge < -0.3 is 19.8 Å². The molecule has 6 nitrogen and oxygen atoms in total. The number of carboxylic acids is 1. The molecule has 0 radical (unpaired) electrons. The minimum absolute atomic E-state index is 0.125. The number of hydrogen-bond donors (Lipinski definition) is 2. The van der Waals surface area contributed by atoms with Gasteiger partial charge in [-0.25, -0.2) is 0 Å². The van der Waals surface area contributed by atoms with Crippen molar-refractivity contribution < 1.29 is 24.5 Å². The molecule has 1 amide bonds. The second kappa shape index (κ2) is 5.81. The molecule has 1 fully saturated rings. The number of carbonyl (C=O) groups excluding carboxylic acids is 1. The summed E-state index contributed by atoms with van der Waals surface area (Å²) >= 11 is 0. The zero-order chi connectivity index (χ0) is 12.1. The summed E-state index contributed by atoms with van der Waals surface area (Å²) in [7, 11) is 1.53. The van der Waals surface area contributed by atoms with Gasteiger partial charge in [-0.05, 0) is 6.42 Å². The topological polar surface area (TPSA) is 87.1 Å². The van der Waals surface area contributed by atoms with E-state index >= 15 is 0 Å². The van der Waals surface area contributed by atoms with Crippen LogP contribution >= 0.6 is 0 Å². The highest BCUT2D eigenvalue weighted by Crippen LogP contribution is 2.39. The smallest absolute Gasteiger partial charge is 0.307 e. The van der Waals surface area contributed by atoms with E-state index in [1.807, 2.05) is 0 Å². The van der Waals surface area contributed by atoms with Crippen LogP contribution < -0.4 is 0 Å². The SMILES string of the molecule is COCCN(CCO)C(=O)[C@@H]1C[C@@H]1C(=O)O. The molecule has 0 aromatic heterocycles. The van der Waals surface area contributed by atoms with Crippen molar-refractivity contribution in [2.45, 2.75) is 6.42 Å². The molecule has 1 aliphatic rings. The maximum absolute atomic E-state index is 11.8. The monoisotopic (exact) mass is 231 g/mol. The van der Waals surface area contributed by atoms with E-state index in [-0.39, 0.29) is 19.1 Å². The average Bonchev–Trinajstić information content (AvgIpc) is 3.03. The summed E-state index contributed by atoms with van der Waals surface area (Å²) in [6, 6.07) is 0. The van der Waals surface area contributed by atoms with Gasteiger partial charge in [0.25, 0.3) is 0 Å². The number of methoxy groups -OCH3 is 1. The Bertz CT molecular complexity index is 268. The molecule has 0 aromatic rings. The molecule has 1 aliphatic carbocycles. The van der Waals surface area contributed by atoms with Crippen molar-refractivity contribution in [3.63, 3.8) is 0 Å². The first kappa shape index (κ1) is 12.9. The van der Waals surface area contributed by atoms with Crippen LogP contribution in [0.5, 0.6) is 0 Å². The molecular weight excluding hydrogens is 214 g/mol. The lowest BCUT2D eigenvalue weighted by molar-refractivity contribution is -0.142. The van der Waals surface area contributed by atoms with Crippen LogP contribution in [-0.2, 0) is 14.3 Å². The number of carbonyl (C=O) groups is 2. The number of ether oxygens (including phenoxy) is 1. The van der Waals surface area contributed by atoms with Crippen LogP contribution in [0, 0.1) is 11.8 Å². The Hall–Kier alpha value is -1.14. The second-order valence-electron chi connectivity index (χ2n) is 3.83. The standard InChI is InChI=1S/C10H17NO5/c1-16-5-3-11(2-4-12)9(13)7-6-8(7)10(14)15/h7-8,12H,2-6H2,1H3,(H,14,15)/t7-,8+/m1/s1. The molecule has 0 aliphatic heterocycles. The number of hydrogen-bond acceptors (Lipinski definition) is 4. The Morgan fingerprint density at radius 3 is 2.50 bits per heavy atom. The molecule has 0 heterocycles. The molecule has 0 spiro atoms. The highest BCUT2D eigenvalue weighted by atomic mass is 16.5. The van der Waals surface area contributed by atoms with Crippen molar-refractivity contribution in [3.05, 3.63) is 0 Å². The van der Waals surface area contributed by atoms with Crippen LogP contribution in [0.1, 0.15) is 6.42 Å². The predicted molar refractivity (Wildman–Crippen MR) is 54.8 cm³/mol. The van der Waals surface area contributed by atoms with Gasteiger partial charge in [0.15, 0.2) is 0 Å². The first-order chi connectivity index (χ1) is 7.61. The summed E-state index contributed by atoms with van der Waals surface area (Å²) in [6.45, 7) is 0.875. The van der Waals surface area contributed by atoms with Gasteiger partial charge >= 0.3 is 5.97 Å². The average molecular weight is 231 g/mol. The fraction of sp³-hybridized carbons (Fsp3) is 0.800. The molecular formula is C10H17NO5. The van der Waals surface area contributed by atoms with Gasteiger partial charge in [-0.15, -0.1) is 0 Å². The number of aliphatic hydroxyl groups is 1. The van der Waals surface area contributed by atoms with E-state index in [4.69, 9.17) is 14.9 Å². The summed E-state index contributed by atoms with van der Waals surface area (Å²) < 4.78 is 4.85. The van der Waals surface area contributed by atoms with Crippen molar-refractivity contribution in [2.24, 2.45) is 11.8 Å². The lowest BCUT2D eigenvalue weighted by Crippen LogP contribution is -2.37. The van der Waals surface area contributed by atoms with E-state index in [0.717, 1.165) is 0 Å². The molecule has 16 heavy (non-hydrogen) atoms. The fourth-order valence-corrected chi connectivity index (χ4v) is 1.63. The number of aliphatic carboxylic acids is 1. The van der Waals surface area contributed by atoms with Crippen LogP contribution in [0.25, 0.3) is 0 Å². The van der Waals surface area contributed by atoms with Crippen LogP contribution in [0.3, 0.4) is 0 Å². The molecule has 92 valence electrons. The molecule has 0 saturated heterocycles. The first-order valence-corrected chi connectivity index (χ1v) is 5.23. The third-order valence-electron chi connectivity index (χ3n) is 2.67. The highest BCUT2D eigenvalue weighted by Gasteiger charge is 2.49. The fourth-order valence-electron chi connectivity index (χ4n) is 1.63. The van der Waals surface area contributed by atoms with Crippen molar-refractivity contribution in [2.75, 3.05) is 33.4 Å². The Balaban J connectivity index is 2.45. The Morgan fingerprint density at radius 1 is 1.38 bits per heavy atom. The summed E-state index contributed by atoms with van der Waals surface area (Å²) in [5.41, 5.74) is 0. The van der Waals surface area contributed by atoms with E-state index in [0.29, 0.717) is 19.6 Å². The Labute approximate surface area is 93.8 Å². The lowest BCUT2D eigenvalue weighted by Gasteiger charge is -2.21. The van der Waals surface area contributed by atoms with E-state index in [1.165, 1.54) is 12.0 Å². The zero-order valence-corrected chi connectivity index (χ0v) is 9.26. The molecule has 1 saturated carbocycles. The van der Waals surface area contributed by atoms with Crippen molar-refractivity contribution in [1.29, 1.82) is 0 Å². The first-order valence-electron chi connectivity index (χ1n) is 5.23. The molecule has 2 N–H and O–H groups in total. The van der Waals surface area contributed by atoms with E-state index < -0.39 is 17.8 Å². The minimum atomic E-state index is -0.922. The van der Waals surface area contributed by atoms with Crippen molar-refractivity contribution in [3.8, 4) is 0 Å². The Kier molecular flexibility index (Phi) is 4.70. The van der Waals surface area contributed by atoms with E-state index in [2.05, 4.69) is 0 Å². The van der Waals surface area contributed by atoms with Gasteiger partial charge in [0.05, 0.1) is 25.0 Å². The molecule has 2 atom stereocenters. The Morgan fingerprint density at radius 2 is 2.06 bits per heavy atom. The van der Waals surface area contributed by atoms with Gasteiger partial charge in [-0.1, -0.05) is 0 Å². The zero-order valence-electron chi connectivity index (χ0n) is 9.26. The second-order valence-corrected chi connectivity index (χ2v) is 3.83. The van der Waals surface area contributed by atoms with Gasteiger partial charge in [0.1, 0.15) is 0 Å². The van der Waals surface area contributed by atoms with Crippen LogP contribution in [0.4, 0.5) is 0 Å². The van der Waals surface area contributed by atoms with Crippen LogP contribution in [0.15, 0.2) is 0 Å². The number of nitrogens with zero attached hydrogens (tertiary/aromatic N) is 1. The van der Waals surface area contributed by atoms with Gasteiger partial charge in [0.2, 0.25) is 5.91 Å².